The summed E-state index contributed by atoms with van der Waals surface area (Å²) >= 11 is 0. The van der Waals surface area contributed by atoms with Crippen LogP contribution in [0.25, 0.3) is 0 Å². The van der Waals surface area contributed by atoms with Crippen LogP contribution < -0.4 is 80.9 Å². The third-order valence-electron chi connectivity index (χ3n) is 4.12. The Bertz CT molecular complexity index is 1150. The van der Waals surface area contributed by atoms with Gasteiger partial charge in [-0.2, -0.15) is 0 Å². The fourth-order valence-corrected chi connectivity index (χ4v) is 5.30. The number of aliphatic hydroxyl groups excluding tert-OH is 1. The molecule has 28 heavy (non-hydrogen) atoms. The summed E-state index contributed by atoms with van der Waals surface area (Å²) in [6.07, 6.45) is 0.0652. The zero-order valence-corrected chi connectivity index (χ0v) is 21.2. The van der Waals surface area contributed by atoms with Gasteiger partial charge in [-0.1, -0.05) is 24.3 Å². The van der Waals surface area contributed by atoms with Gasteiger partial charge in [0.2, 0.25) is 4.93 Å². The Kier molecular flexibility index (Phi) is 7.90. The molecule has 3 rings (SSSR count). The van der Waals surface area contributed by atoms with Crippen LogP contribution in [0.5, 0.6) is 0 Å². The molecule has 0 aromatic heterocycles. The molecule has 1 aromatic carbocycles. The van der Waals surface area contributed by atoms with Crippen molar-refractivity contribution >= 4 is 31.8 Å². The molecule has 0 spiro atoms. The number of benzene rings is 1. The summed E-state index contributed by atoms with van der Waals surface area (Å²) in [5, 5.41) is 17.4. The van der Waals surface area contributed by atoms with Crippen LogP contribution in [-0.2, 0) is 20.2 Å². The number of hydrogen-bond acceptors (Lipinski definition) is 10. The minimum absolute atomic E-state index is 0. The van der Waals surface area contributed by atoms with Crippen LogP contribution in [0.2, 0.25) is 0 Å². The Balaban J connectivity index is 0.00000196. The first-order valence-electron chi connectivity index (χ1n) is 6.78. The average Bonchev–Trinajstić information content (AvgIpc) is 2.52. The number of carbonyl (C=O) groups excluding carboxylic acids is 2. The summed E-state index contributed by atoms with van der Waals surface area (Å²) in [5.74, 6) is -3.69. The molecule has 10 nitrogen and oxygen atoms in total. The molecule has 0 radical (unpaired) electrons. The molecular weight excluding hydrogens is 454 g/mol. The van der Waals surface area contributed by atoms with Gasteiger partial charge >= 0.3 is 80.9 Å². The van der Waals surface area contributed by atoms with Gasteiger partial charge in [-0.25, -0.2) is 16.8 Å². The second-order valence-electron chi connectivity index (χ2n) is 5.57. The molecule has 0 saturated heterocycles. The van der Waals surface area contributed by atoms with E-state index in [1.165, 1.54) is 18.2 Å². The van der Waals surface area contributed by atoms with Gasteiger partial charge < -0.3 is 19.3 Å². The molecule has 2 N–H and O–H groups in total. The van der Waals surface area contributed by atoms with Crippen molar-refractivity contribution in [3.05, 3.63) is 58.4 Å². The Morgan fingerprint density at radius 2 is 1.43 bits per heavy atom. The Morgan fingerprint density at radius 1 is 0.964 bits per heavy atom. The molecule has 1 aromatic rings. The number of fused-ring (bicyclic) bond motifs is 1. The quantitative estimate of drug-likeness (QED) is 0.315. The first kappa shape index (κ1) is 26.3. The number of carbonyl (C=O) groups is 2. The van der Waals surface area contributed by atoms with E-state index in [2.05, 4.69) is 0 Å². The van der Waals surface area contributed by atoms with Gasteiger partial charge in [0, 0.05) is 11.1 Å². The van der Waals surface area contributed by atoms with Gasteiger partial charge in [-0.15, -0.1) is 0 Å². The minimum Gasteiger partial charge on any atom is -0.747 e. The SMILES string of the molecule is O=C1C2=C(C(=O)c3ccccc31)C(O)(S(=O)(=O)[O-])C(S(=O)(=O)[O-])C=C2O.[K+].[Na+]. The molecule has 0 amide bonds. The van der Waals surface area contributed by atoms with E-state index in [0.29, 0.717) is 0 Å². The zero-order chi connectivity index (χ0) is 19.7. The van der Waals surface area contributed by atoms with Crippen LogP contribution in [0.1, 0.15) is 20.7 Å². The van der Waals surface area contributed by atoms with Crippen molar-refractivity contribution in [2.24, 2.45) is 0 Å². The minimum atomic E-state index is -6.07. The number of hydrogen-bond donors (Lipinski definition) is 2. The summed E-state index contributed by atoms with van der Waals surface area (Å²) in [4.78, 5) is 21.1. The smallest absolute Gasteiger partial charge is 0.747 e. The number of aliphatic hydroxyl groups is 2. The van der Waals surface area contributed by atoms with Crippen molar-refractivity contribution in [1.82, 2.24) is 0 Å². The molecular formula is C14H8KNaO10S2. The largest absolute Gasteiger partial charge is 1.00 e. The summed E-state index contributed by atoms with van der Waals surface area (Å²) < 4.78 is 69.2. The molecule has 2 aliphatic rings. The second-order valence-corrected chi connectivity index (χ2v) is 8.59. The van der Waals surface area contributed by atoms with E-state index < -0.39 is 64.5 Å². The van der Waals surface area contributed by atoms with E-state index in [-0.39, 0.29) is 92.6 Å². The maximum atomic E-state index is 12.7. The van der Waals surface area contributed by atoms with Gasteiger partial charge in [0.25, 0.3) is 0 Å². The predicted octanol–water partition coefficient (Wildman–Crippen LogP) is -7.03. The van der Waals surface area contributed by atoms with Gasteiger partial charge in [0.15, 0.2) is 11.6 Å². The third kappa shape index (κ3) is 3.82. The molecule has 2 unspecified atom stereocenters. The van der Waals surface area contributed by atoms with Crippen LogP contribution in [0.15, 0.2) is 47.2 Å². The molecule has 2 aliphatic carbocycles. The van der Waals surface area contributed by atoms with E-state index >= 15 is 0 Å². The van der Waals surface area contributed by atoms with Gasteiger partial charge in [0.1, 0.15) is 31.2 Å². The first-order chi connectivity index (χ1) is 11.8. The molecule has 0 saturated carbocycles. The van der Waals surface area contributed by atoms with Gasteiger partial charge in [-0.05, 0) is 6.08 Å². The maximum Gasteiger partial charge on any atom is 1.00 e. The number of rotatable bonds is 2. The number of Topliss-reactive ketones (excluding diaryl/α,β-unsaturated/α-hetero) is 2. The molecule has 2 atom stereocenters. The fourth-order valence-electron chi connectivity index (χ4n) is 2.99. The zero-order valence-electron chi connectivity index (χ0n) is 14.4. The van der Waals surface area contributed by atoms with Crippen LogP contribution in [0, 0.1) is 0 Å². The van der Waals surface area contributed by atoms with E-state index in [4.69, 9.17) is 0 Å². The van der Waals surface area contributed by atoms with Crippen LogP contribution >= 0.6 is 0 Å². The third-order valence-corrected chi connectivity index (χ3v) is 6.59. The van der Waals surface area contributed by atoms with Crippen LogP contribution in [-0.4, -0.2) is 57.9 Å². The number of allylic oxidation sites excluding steroid dienone is 1. The Hall–Kier alpha value is 0.256. The van der Waals surface area contributed by atoms with Crippen molar-refractivity contribution < 1.29 is 127 Å². The predicted molar refractivity (Wildman–Crippen MR) is 81.0 cm³/mol. The molecule has 14 heteroatoms. The molecule has 138 valence electrons. The first-order valence-corrected chi connectivity index (χ1v) is 9.66. The van der Waals surface area contributed by atoms with E-state index in [0.717, 1.165) is 6.07 Å². The van der Waals surface area contributed by atoms with Crippen molar-refractivity contribution in [2.45, 2.75) is 10.2 Å². The molecule has 0 aliphatic heterocycles. The summed E-state index contributed by atoms with van der Waals surface area (Å²) in [6.45, 7) is 0. The summed E-state index contributed by atoms with van der Waals surface area (Å²) in [5.41, 5.74) is -3.18. The Labute approximate surface area is 223 Å². The Morgan fingerprint density at radius 3 is 1.86 bits per heavy atom. The average molecular weight is 462 g/mol. The van der Waals surface area contributed by atoms with Crippen molar-refractivity contribution in [3.8, 4) is 0 Å². The second kappa shape index (κ2) is 8.41. The fraction of sp³-hybridized carbons (Fsp3) is 0.143. The van der Waals surface area contributed by atoms with Gasteiger partial charge in [-0.3, -0.25) is 9.59 Å². The van der Waals surface area contributed by atoms with Crippen molar-refractivity contribution in [1.29, 1.82) is 0 Å². The molecule has 0 heterocycles. The maximum absolute atomic E-state index is 12.7. The van der Waals surface area contributed by atoms with E-state index in [1.807, 2.05) is 0 Å². The van der Waals surface area contributed by atoms with Crippen molar-refractivity contribution in [2.75, 3.05) is 0 Å². The summed E-state index contributed by atoms with van der Waals surface area (Å²) in [7, 11) is -11.8. The van der Waals surface area contributed by atoms with E-state index in [1.54, 1.807) is 0 Å². The standard InChI is InChI=1S/C14H10O10S2.K.Na/c15-8-5-9(25(19,20)21)14(18,26(22,23)24)11-10(8)12(16)6-3-1-2-4-7(6)13(11)17;;/h1-5,9,15,18H,(H,19,20,21)(H,22,23,24);;/q;2*+1/p-2. The number of ketones is 2. The molecule has 0 bridgehead atoms. The van der Waals surface area contributed by atoms with Crippen LogP contribution in [0.4, 0.5) is 0 Å². The topological polar surface area (TPSA) is 189 Å². The van der Waals surface area contributed by atoms with E-state index in [9.17, 15) is 45.7 Å². The molecule has 0 fully saturated rings. The summed E-state index contributed by atoms with van der Waals surface area (Å²) in [6, 6.07) is 4.91. The monoisotopic (exact) mass is 462 g/mol. The van der Waals surface area contributed by atoms with Crippen molar-refractivity contribution in [3.63, 3.8) is 0 Å². The normalized spacial score (nSPS) is 24.4. The van der Waals surface area contributed by atoms with Gasteiger partial charge in [0.05, 0.1) is 11.1 Å². The van der Waals surface area contributed by atoms with Crippen LogP contribution in [0.3, 0.4) is 0 Å².